The fourth-order valence-electron chi connectivity index (χ4n) is 4.28. The predicted octanol–water partition coefficient (Wildman–Crippen LogP) is 4.10. The van der Waals surface area contributed by atoms with Gasteiger partial charge in [0.25, 0.3) is 0 Å². The van der Waals surface area contributed by atoms with Crippen LogP contribution in [0.4, 0.5) is 5.69 Å². The summed E-state index contributed by atoms with van der Waals surface area (Å²) in [6.07, 6.45) is 2.60. The first kappa shape index (κ1) is 22.9. The van der Waals surface area contributed by atoms with Crippen molar-refractivity contribution < 1.29 is 19.0 Å². The number of carbonyl (C=O) groups is 1. The van der Waals surface area contributed by atoms with E-state index in [9.17, 15) is 4.79 Å². The molecule has 0 atom stereocenters. The first-order valence-electron chi connectivity index (χ1n) is 11.0. The van der Waals surface area contributed by atoms with E-state index in [0.29, 0.717) is 6.61 Å². The maximum Gasteiger partial charge on any atom is 0.316 e. The Labute approximate surface area is 185 Å². The minimum absolute atomic E-state index is 0.0871. The van der Waals surface area contributed by atoms with Crippen molar-refractivity contribution >= 4 is 11.7 Å². The van der Waals surface area contributed by atoms with E-state index >= 15 is 0 Å². The standard InChI is InChI=1S/C25H34N2O4/c1-4-31-24(28)25(20-9-6-5-7-10-20)13-17-27(18-14-25)16-8-15-26-21-11-12-22(29-2)23(19-21)30-3/h5-7,9-12,19,26H,4,8,13-18H2,1-3H3. The lowest BCUT2D eigenvalue weighted by Crippen LogP contribution is -2.48. The summed E-state index contributed by atoms with van der Waals surface area (Å²) in [5.41, 5.74) is 1.57. The number of nitrogens with zero attached hydrogens (tertiary/aromatic N) is 1. The Hall–Kier alpha value is -2.73. The zero-order valence-corrected chi connectivity index (χ0v) is 18.9. The molecule has 31 heavy (non-hydrogen) atoms. The molecule has 2 aromatic carbocycles. The molecule has 1 aliphatic heterocycles. The predicted molar refractivity (Wildman–Crippen MR) is 123 cm³/mol. The second-order valence-corrected chi connectivity index (χ2v) is 7.86. The molecule has 0 spiro atoms. The third-order valence-electron chi connectivity index (χ3n) is 6.07. The molecular formula is C25H34N2O4. The molecule has 0 aromatic heterocycles. The van der Waals surface area contributed by atoms with Crippen LogP contribution in [0.1, 0.15) is 31.7 Å². The van der Waals surface area contributed by atoms with Crippen molar-refractivity contribution in [2.24, 2.45) is 0 Å². The number of methoxy groups -OCH3 is 2. The number of rotatable bonds is 10. The fourth-order valence-corrected chi connectivity index (χ4v) is 4.28. The Morgan fingerprint density at radius 2 is 1.74 bits per heavy atom. The van der Waals surface area contributed by atoms with Gasteiger partial charge in [-0.3, -0.25) is 4.79 Å². The Morgan fingerprint density at radius 1 is 1.03 bits per heavy atom. The fraction of sp³-hybridized carbons (Fsp3) is 0.480. The SMILES string of the molecule is CCOC(=O)C1(c2ccccc2)CCN(CCCNc2ccc(OC)c(OC)c2)CC1. The Morgan fingerprint density at radius 3 is 2.39 bits per heavy atom. The van der Waals surface area contributed by atoms with Crippen molar-refractivity contribution in [1.82, 2.24) is 4.90 Å². The van der Waals surface area contributed by atoms with Gasteiger partial charge in [-0.05, 0) is 63.5 Å². The molecule has 6 heteroatoms. The van der Waals surface area contributed by atoms with Gasteiger partial charge in [-0.1, -0.05) is 30.3 Å². The number of benzene rings is 2. The number of hydrogen-bond donors (Lipinski definition) is 1. The van der Waals surface area contributed by atoms with E-state index in [1.807, 2.05) is 43.3 Å². The summed E-state index contributed by atoms with van der Waals surface area (Å²) in [6.45, 7) is 5.94. The van der Waals surface area contributed by atoms with E-state index < -0.39 is 5.41 Å². The second kappa shape index (κ2) is 11.0. The lowest BCUT2D eigenvalue weighted by Gasteiger charge is -2.40. The number of ether oxygens (including phenoxy) is 3. The van der Waals surface area contributed by atoms with Gasteiger partial charge < -0.3 is 24.4 Å². The van der Waals surface area contributed by atoms with E-state index in [4.69, 9.17) is 14.2 Å². The molecule has 0 saturated carbocycles. The van der Waals surface area contributed by atoms with Gasteiger partial charge in [0.2, 0.25) is 0 Å². The topological polar surface area (TPSA) is 60.0 Å². The van der Waals surface area contributed by atoms with Crippen molar-refractivity contribution in [2.45, 2.75) is 31.6 Å². The number of carbonyl (C=O) groups excluding carboxylic acids is 1. The average Bonchev–Trinajstić information content (AvgIpc) is 2.82. The van der Waals surface area contributed by atoms with Crippen LogP contribution >= 0.6 is 0 Å². The van der Waals surface area contributed by atoms with E-state index in [-0.39, 0.29) is 5.97 Å². The maximum absolute atomic E-state index is 12.9. The molecule has 1 saturated heterocycles. The van der Waals surface area contributed by atoms with Crippen LogP contribution in [-0.2, 0) is 14.9 Å². The van der Waals surface area contributed by atoms with Crippen LogP contribution in [0.3, 0.4) is 0 Å². The molecule has 0 unspecified atom stereocenters. The lowest BCUT2D eigenvalue weighted by atomic mass is 9.72. The molecule has 168 valence electrons. The molecular weight excluding hydrogens is 392 g/mol. The average molecular weight is 427 g/mol. The molecule has 0 aliphatic carbocycles. The molecule has 1 aliphatic rings. The van der Waals surface area contributed by atoms with Gasteiger partial charge in [0.1, 0.15) is 0 Å². The summed E-state index contributed by atoms with van der Waals surface area (Å²) in [6, 6.07) is 16.0. The molecule has 0 amide bonds. The minimum atomic E-state index is -0.522. The molecule has 0 radical (unpaired) electrons. The third kappa shape index (κ3) is 5.50. The smallest absolute Gasteiger partial charge is 0.316 e. The molecule has 2 aromatic rings. The van der Waals surface area contributed by atoms with Crippen LogP contribution in [0.2, 0.25) is 0 Å². The molecule has 0 bridgehead atoms. The zero-order chi connectivity index (χ0) is 22.1. The highest BCUT2D eigenvalue weighted by Gasteiger charge is 2.43. The molecule has 1 fully saturated rings. The number of hydrogen-bond acceptors (Lipinski definition) is 6. The van der Waals surface area contributed by atoms with Gasteiger partial charge in [0.15, 0.2) is 11.5 Å². The van der Waals surface area contributed by atoms with Crippen molar-refractivity contribution in [3.63, 3.8) is 0 Å². The number of anilines is 1. The van der Waals surface area contributed by atoms with Crippen LogP contribution in [0.25, 0.3) is 0 Å². The van der Waals surface area contributed by atoms with Crippen molar-refractivity contribution in [3.05, 3.63) is 54.1 Å². The van der Waals surface area contributed by atoms with Crippen LogP contribution < -0.4 is 14.8 Å². The van der Waals surface area contributed by atoms with Gasteiger partial charge in [0, 0.05) is 18.3 Å². The number of likely N-dealkylation sites (tertiary alicyclic amines) is 1. The largest absolute Gasteiger partial charge is 0.493 e. The van der Waals surface area contributed by atoms with E-state index in [0.717, 1.165) is 68.2 Å². The van der Waals surface area contributed by atoms with Crippen LogP contribution in [0.5, 0.6) is 11.5 Å². The van der Waals surface area contributed by atoms with E-state index in [2.05, 4.69) is 22.3 Å². The van der Waals surface area contributed by atoms with Crippen molar-refractivity contribution in [2.75, 3.05) is 52.3 Å². The zero-order valence-electron chi connectivity index (χ0n) is 18.9. The molecule has 6 nitrogen and oxygen atoms in total. The maximum atomic E-state index is 12.9. The summed E-state index contributed by atoms with van der Waals surface area (Å²) in [7, 11) is 3.28. The summed E-state index contributed by atoms with van der Waals surface area (Å²) in [4.78, 5) is 15.3. The first-order chi connectivity index (χ1) is 15.1. The van der Waals surface area contributed by atoms with Gasteiger partial charge in [-0.15, -0.1) is 0 Å². The number of piperidine rings is 1. The second-order valence-electron chi connectivity index (χ2n) is 7.86. The van der Waals surface area contributed by atoms with Gasteiger partial charge in [-0.25, -0.2) is 0 Å². The highest BCUT2D eigenvalue weighted by molar-refractivity contribution is 5.83. The third-order valence-corrected chi connectivity index (χ3v) is 6.07. The van der Waals surface area contributed by atoms with E-state index in [1.165, 1.54) is 0 Å². The highest BCUT2D eigenvalue weighted by atomic mass is 16.5. The Balaban J connectivity index is 1.50. The quantitative estimate of drug-likeness (QED) is 0.456. The lowest BCUT2D eigenvalue weighted by molar-refractivity contribution is -0.152. The molecule has 1 N–H and O–H groups in total. The summed E-state index contributed by atoms with van der Waals surface area (Å²) in [5, 5.41) is 3.45. The minimum Gasteiger partial charge on any atom is -0.493 e. The molecule has 1 heterocycles. The van der Waals surface area contributed by atoms with Gasteiger partial charge in [0.05, 0.1) is 26.2 Å². The highest BCUT2D eigenvalue weighted by Crippen LogP contribution is 2.37. The van der Waals surface area contributed by atoms with Crippen molar-refractivity contribution in [1.29, 1.82) is 0 Å². The Kier molecular flexibility index (Phi) is 8.18. The first-order valence-corrected chi connectivity index (χ1v) is 11.0. The summed E-state index contributed by atoms with van der Waals surface area (Å²) >= 11 is 0. The van der Waals surface area contributed by atoms with Crippen LogP contribution in [0.15, 0.2) is 48.5 Å². The number of nitrogens with one attached hydrogen (secondary N) is 1. The van der Waals surface area contributed by atoms with Gasteiger partial charge >= 0.3 is 5.97 Å². The van der Waals surface area contributed by atoms with Gasteiger partial charge in [-0.2, -0.15) is 0 Å². The van der Waals surface area contributed by atoms with E-state index in [1.54, 1.807) is 14.2 Å². The number of esters is 1. The molecule has 3 rings (SSSR count). The Bertz CT molecular complexity index is 833. The van der Waals surface area contributed by atoms with Crippen molar-refractivity contribution in [3.8, 4) is 11.5 Å². The monoisotopic (exact) mass is 426 g/mol. The van der Waals surface area contributed by atoms with Crippen LogP contribution in [0, 0.1) is 0 Å². The normalized spacial score (nSPS) is 15.8. The summed E-state index contributed by atoms with van der Waals surface area (Å²) in [5.74, 6) is 1.36. The van der Waals surface area contributed by atoms with Crippen LogP contribution in [-0.4, -0.2) is 57.9 Å². The summed E-state index contributed by atoms with van der Waals surface area (Å²) < 4.78 is 16.1.